The molecule has 1 aliphatic heterocycles. The van der Waals surface area contributed by atoms with Crippen LogP contribution in [-0.2, 0) is 17.8 Å². The van der Waals surface area contributed by atoms with E-state index in [4.69, 9.17) is 4.74 Å². The fourth-order valence-corrected chi connectivity index (χ4v) is 1.75. The Morgan fingerprint density at radius 3 is 3.09 bits per heavy atom. The molecular weight excluding hydrogens is 204 g/mol. The predicted octanol–water partition coefficient (Wildman–Crippen LogP) is 2.52. The molecule has 0 fully saturated rings. The molecule has 0 aliphatic carbocycles. The molecule has 0 bridgehead atoms. The summed E-state index contributed by atoms with van der Waals surface area (Å²) in [7, 11) is 0. The largest absolute Gasteiger partial charge is 0.376 e. The second-order valence-electron chi connectivity index (χ2n) is 2.72. The van der Waals surface area contributed by atoms with Crippen LogP contribution in [0.15, 0.2) is 22.7 Å². The van der Waals surface area contributed by atoms with Crippen molar-refractivity contribution in [2.75, 3.05) is 6.61 Å². The average molecular weight is 213 g/mol. The molecule has 0 N–H and O–H groups in total. The molecule has 1 aliphatic rings. The van der Waals surface area contributed by atoms with Gasteiger partial charge in [-0.1, -0.05) is 22.0 Å². The van der Waals surface area contributed by atoms with Gasteiger partial charge >= 0.3 is 0 Å². The maximum atomic E-state index is 5.33. The van der Waals surface area contributed by atoms with E-state index in [1.165, 1.54) is 11.1 Å². The van der Waals surface area contributed by atoms with Crippen LogP contribution < -0.4 is 0 Å². The van der Waals surface area contributed by atoms with Crippen LogP contribution in [0.25, 0.3) is 0 Å². The summed E-state index contributed by atoms with van der Waals surface area (Å²) < 4.78 is 6.47. The Kier molecular flexibility index (Phi) is 1.96. The summed E-state index contributed by atoms with van der Waals surface area (Å²) in [4.78, 5) is 0. The lowest BCUT2D eigenvalue weighted by Gasteiger charge is -2.15. The van der Waals surface area contributed by atoms with Crippen LogP contribution in [0.4, 0.5) is 0 Å². The van der Waals surface area contributed by atoms with E-state index in [0.29, 0.717) is 0 Å². The molecule has 11 heavy (non-hydrogen) atoms. The summed E-state index contributed by atoms with van der Waals surface area (Å²) in [6, 6.07) is 6.39. The van der Waals surface area contributed by atoms with Crippen molar-refractivity contribution in [2.45, 2.75) is 13.0 Å². The number of halogens is 1. The van der Waals surface area contributed by atoms with Crippen LogP contribution in [0.3, 0.4) is 0 Å². The van der Waals surface area contributed by atoms with E-state index in [9.17, 15) is 0 Å². The molecule has 0 amide bonds. The van der Waals surface area contributed by atoms with Crippen molar-refractivity contribution >= 4 is 15.9 Å². The molecule has 0 unspecified atom stereocenters. The summed E-state index contributed by atoms with van der Waals surface area (Å²) in [5, 5.41) is 0. The topological polar surface area (TPSA) is 9.23 Å². The van der Waals surface area contributed by atoms with Crippen molar-refractivity contribution in [3.8, 4) is 0 Å². The van der Waals surface area contributed by atoms with Gasteiger partial charge in [-0.15, -0.1) is 0 Å². The molecule has 0 saturated heterocycles. The molecule has 0 radical (unpaired) electrons. The monoisotopic (exact) mass is 212 g/mol. The minimum atomic E-state index is 0.773. The van der Waals surface area contributed by atoms with Crippen LogP contribution in [-0.4, -0.2) is 6.61 Å². The summed E-state index contributed by atoms with van der Waals surface area (Å²) in [6.07, 6.45) is 1.06. The van der Waals surface area contributed by atoms with E-state index in [-0.39, 0.29) is 0 Å². The zero-order valence-electron chi connectivity index (χ0n) is 6.14. The van der Waals surface area contributed by atoms with Crippen molar-refractivity contribution < 1.29 is 4.74 Å². The van der Waals surface area contributed by atoms with Gasteiger partial charge in [-0.25, -0.2) is 0 Å². The lowest BCUT2D eigenvalue weighted by molar-refractivity contribution is 0.110. The van der Waals surface area contributed by atoms with Gasteiger partial charge in [-0.3, -0.25) is 0 Å². The average Bonchev–Trinajstić information content (AvgIpc) is 2.04. The van der Waals surface area contributed by atoms with Crippen LogP contribution in [0.2, 0.25) is 0 Å². The Labute approximate surface area is 74.5 Å². The molecule has 0 aromatic heterocycles. The van der Waals surface area contributed by atoms with Crippen molar-refractivity contribution in [1.82, 2.24) is 0 Å². The van der Waals surface area contributed by atoms with E-state index >= 15 is 0 Å². The maximum absolute atomic E-state index is 5.33. The molecule has 0 spiro atoms. The van der Waals surface area contributed by atoms with Crippen molar-refractivity contribution in [3.05, 3.63) is 33.8 Å². The van der Waals surface area contributed by atoms with Gasteiger partial charge in [0.05, 0.1) is 13.2 Å². The van der Waals surface area contributed by atoms with Crippen LogP contribution in [0.1, 0.15) is 11.1 Å². The first-order valence-corrected chi connectivity index (χ1v) is 4.50. The Bertz CT molecular complexity index is 270. The smallest absolute Gasteiger partial charge is 0.0720 e. The quantitative estimate of drug-likeness (QED) is 0.643. The number of ether oxygens (including phenoxy) is 1. The third kappa shape index (κ3) is 1.47. The van der Waals surface area contributed by atoms with Gasteiger partial charge in [0, 0.05) is 4.47 Å². The summed E-state index contributed by atoms with van der Waals surface area (Å²) in [5.41, 5.74) is 2.75. The molecule has 2 heteroatoms. The van der Waals surface area contributed by atoms with E-state index in [2.05, 4.69) is 34.1 Å². The van der Waals surface area contributed by atoms with E-state index in [0.717, 1.165) is 24.1 Å². The lowest BCUT2D eigenvalue weighted by Crippen LogP contribution is -2.09. The molecule has 2 rings (SSSR count). The highest BCUT2D eigenvalue weighted by Gasteiger charge is 2.08. The first kappa shape index (κ1) is 7.32. The third-order valence-corrected chi connectivity index (χ3v) is 2.43. The predicted molar refractivity (Wildman–Crippen MR) is 47.5 cm³/mol. The molecule has 58 valence electrons. The molecule has 1 aromatic carbocycles. The normalized spacial score (nSPS) is 16.1. The Morgan fingerprint density at radius 1 is 1.27 bits per heavy atom. The number of hydrogen-bond donors (Lipinski definition) is 0. The van der Waals surface area contributed by atoms with E-state index < -0.39 is 0 Å². The number of benzene rings is 1. The van der Waals surface area contributed by atoms with Crippen molar-refractivity contribution in [3.63, 3.8) is 0 Å². The van der Waals surface area contributed by atoms with Gasteiger partial charge < -0.3 is 4.74 Å². The molecule has 1 aromatic rings. The first-order valence-electron chi connectivity index (χ1n) is 3.71. The van der Waals surface area contributed by atoms with Gasteiger partial charge in [0.15, 0.2) is 0 Å². The number of hydrogen-bond acceptors (Lipinski definition) is 1. The molecular formula is C9H9BrO. The summed E-state index contributed by atoms with van der Waals surface area (Å²) in [5.74, 6) is 0. The highest BCUT2D eigenvalue weighted by Crippen LogP contribution is 2.20. The molecule has 1 nitrogen and oxygen atoms in total. The standard InChI is InChI=1S/C9H9BrO/c10-9-2-1-7-3-4-11-6-8(7)5-9/h1-2,5H,3-4,6H2. The van der Waals surface area contributed by atoms with Gasteiger partial charge in [-0.2, -0.15) is 0 Å². The Morgan fingerprint density at radius 2 is 2.18 bits per heavy atom. The lowest BCUT2D eigenvalue weighted by atomic mass is 10.0. The molecule has 0 saturated carbocycles. The maximum Gasteiger partial charge on any atom is 0.0720 e. The van der Waals surface area contributed by atoms with Crippen LogP contribution in [0, 0.1) is 0 Å². The summed E-state index contributed by atoms with van der Waals surface area (Å²) in [6.45, 7) is 1.64. The van der Waals surface area contributed by atoms with Crippen molar-refractivity contribution in [1.29, 1.82) is 0 Å². The minimum absolute atomic E-state index is 0.773. The van der Waals surface area contributed by atoms with E-state index in [1.807, 2.05) is 0 Å². The fourth-order valence-electron chi connectivity index (χ4n) is 1.34. The SMILES string of the molecule is Brc1ccc2c(c1)COCC2. The van der Waals surface area contributed by atoms with Gasteiger partial charge in [-0.05, 0) is 29.7 Å². The zero-order valence-corrected chi connectivity index (χ0v) is 7.73. The van der Waals surface area contributed by atoms with Gasteiger partial charge in [0.1, 0.15) is 0 Å². The molecule has 0 atom stereocenters. The number of fused-ring (bicyclic) bond motifs is 1. The highest BCUT2D eigenvalue weighted by atomic mass is 79.9. The minimum Gasteiger partial charge on any atom is -0.376 e. The zero-order chi connectivity index (χ0) is 7.68. The fraction of sp³-hybridized carbons (Fsp3) is 0.333. The summed E-state index contributed by atoms with van der Waals surface area (Å²) >= 11 is 3.43. The second kappa shape index (κ2) is 2.95. The Hall–Kier alpha value is -0.340. The first-order chi connectivity index (χ1) is 5.36. The van der Waals surface area contributed by atoms with Gasteiger partial charge in [0.25, 0.3) is 0 Å². The van der Waals surface area contributed by atoms with Crippen LogP contribution >= 0.6 is 15.9 Å². The van der Waals surface area contributed by atoms with E-state index in [1.54, 1.807) is 0 Å². The molecule has 1 heterocycles. The third-order valence-electron chi connectivity index (χ3n) is 1.94. The van der Waals surface area contributed by atoms with Gasteiger partial charge in [0.2, 0.25) is 0 Å². The van der Waals surface area contributed by atoms with Crippen LogP contribution in [0.5, 0.6) is 0 Å². The Balaban J connectivity index is 2.43. The number of rotatable bonds is 0. The van der Waals surface area contributed by atoms with Crippen molar-refractivity contribution in [2.24, 2.45) is 0 Å². The highest BCUT2D eigenvalue weighted by molar-refractivity contribution is 9.10. The second-order valence-corrected chi connectivity index (χ2v) is 3.63.